The summed E-state index contributed by atoms with van der Waals surface area (Å²) in [6.45, 7) is 6.32. The number of carbonyl (C=O) groups excluding carboxylic acids is 2. The van der Waals surface area contributed by atoms with Crippen molar-refractivity contribution in [3.63, 3.8) is 0 Å². The Bertz CT molecular complexity index is 562. The van der Waals surface area contributed by atoms with Crippen LogP contribution in [0.15, 0.2) is 24.3 Å². The molecule has 0 unspecified atom stereocenters. The van der Waals surface area contributed by atoms with Gasteiger partial charge in [-0.05, 0) is 36.0 Å². The lowest BCUT2D eigenvalue weighted by atomic mass is 9.86. The van der Waals surface area contributed by atoms with Gasteiger partial charge in [-0.25, -0.2) is 0 Å². The van der Waals surface area contributed by atoms with Crippen LogP contribution in [0.2, 0.25) is 0 Å². The number of amides is 2. The molecule has 0 bridgehead atoms. The molecule has 118 valence electrons. The summed E-state index contributed by atoms with van der Waals surface area (Å²) < 4.78 is 0. The molecular weight excluding hydrogens is 276 g/mol. The highest BCUT2D eigenvalue weighted by molar-refractivity contribution is 5.97. The molecule has 0 aromatic heterocycles. The lowest BCUT2D eigenvalue weighted by molar-refractivity contribution is -0.120. The molecule has 2 amide bonds. The molecule has 0 heterocycles. The van der Waals surface area contributed by atoms with Crippen LogP contribution < -0.4 is 11.1 Å². The molecule has 0 radical (unpaired) electrons. The summed E-state index contributed by atoms with van der Waals surface area (Å²) in [5.41, 5.74) is 7.00. The molecule has 0 fully saturated rings. The number of nitrogens with two attached hydrogens (primary N) is 1. The van der Waals surface area contributed by atoms with Gasteiger partial charge in [0.2, 0.25) is 5.91 Å². The van der Waals surface area contributed by atoms with E-state index in [0.29, 0.717) is 24.8 Å². The molecule has 1 atom stereocenters. The number of benzene rings is 1. The summed E-state index contributed by atoms with van der Waals surface area (Å²) in [6.07, 6.45) is 6.83. The van der Waals surface area contributed by atoms with Gasteiger partial charge < -0.3 is 11.1 Å². The van der Waals surface area contributed by atoms with E-state index < -0.39 is 11.9 Å². The third-order valence-corrected chi connectivity index (χ3v) is 3.48. The first-order valence-corrected chi connectivity index (χ1v) is 7.40. The van der Waals surface area contributed by atoms with Gasteiger partial charge in [-0.2, -0.15) is 0 Å². The van der Waals surface area contributed by atoms with Crippen LogP contribution in [0.25, 0.3) is 0 Å². The summed E-state index contributed by atoms with van der Waals surface area (Å²) in [5, 5.41) is 2.67. The maximum Gasteiger partial charge on any atom is 0.251 e. The summed E-state index contributed by atoms with van der Waals surface area (Å²) in [4.78, 5) is 23.6. The molecule has 0 aliphatic rings. The Labute approximate surface area is 132 Å². The van der Waals surface area contributed by atoms with Gasteiger partial charge >= 0.3 is 0 Å². The normalized spacial score (nSPS) is 12.3. The van der Waals surface area contributed by atoms with E-state index in [1.54, 1.807) is 12.1 Å². The standard InChI is InChI=1S/C18H24N2O2/c1-5-6-7-8-15(16(19)21)20-17(22)13-9-11-14(12-10-13)18(2,3)4/h1,9-12,15H,6-8H2,2-4H3,(H2,19,21)(H,20,22)/t15-/m0/s1. The molecule has 0 spiro atoms. The minimum atomic E-state index is -0.692. The number of hydrogen-bond donors (Lipinski definition) is 2. The van der Waals surface area contributed by atoms with Crippen molar-refractivity contribution in [2.24, 2.45) is 5.73 Å². The molecule has 0 aliphatic heterocycles. The number of primary amides is 1. The minimum absolute atomic E-state index is 0.0278. The monoisotopic (exact) mass is 300 g/mol. The average Bonchev–Trinajstić information content (AvgIpc) is 2.45. The topological polar surface area (TPSA) is 72.2 Å². The fourth-order valence-corrected chi connectivity index (χ4v) is 2.06. The van der Waals surface area contributed by atoms with Crippen LogP contribution in [-0.4, -0.2) is 17.9 Å². The van der Waals surface area contributed by atoms with E-state index in [9.17, 15) is 9.59 Å². The average molecular weight is 300 g/mol. The quantitative estimate of drug-likeness (QED) is 0.625. The van der Waals surface area contributed by atoms with Crippen molar-refractivity contribution in [2.45, 2.75) is 51.5 Å². The van der Waals surface area contributed by atoms with Crippen molar-refractivity contribution in [2.75, 3.05) is 0 Å². The Morgan fingerprint density at radius 2 is 1.86 bits per heavy atom. The van der Waals surface area contributed by atoms with Crippen LogP contribution in [0.1, 0.15) is 56.0 Å². The lowest BCUT2D eigenvalue weighted by Gasteiger charge is -2.19. The van der Waals surface area contributed by atoms with Crippen LogP contribution in [0.3, 0.4) is 0 Å². The van der Waals surface area contributed by atoms with Crippen molar-refractivity contribution in [1.82, 2.24) is 5.32 Å². The second-order valence-corrected chi connectivity index (χ2v) is 6.35. The Morgan fingerprint density at radius 3 is 2.32 bits per heavy atom. The molecule has 1 aromatic rings. The van der Waals surface area contributed by atoms with E-state index in [-0.39, 0.29) is 11.3 Å². The molecule has 1 rings (SSSR count). The predicted octanol–water partition coefficient (Wildman–Crippen LogP) is 2.37. The second kappa shape index (κ2) is 7.65. The van der Waals surface area contributed by atoms with Crippen molar-refractivity contribution < 1.29 is 9.59 Å². The maximum atomic E-state index is 12.2. The first-order valence-electron chi connectivity index (χ1n) is 7.40. The molecule has 4 nitrogen and oxygen atoms in total. The van der Waals surface area contributed by atoms with Gasteiger partial charge in [-0.15, -0.1) is 12.3 Å². The van der Waals surface area contributed by atoms with E-state index >= 15 is 0 Å². The zero-order valence-corrected chi connectivity index (χ0v) is 13.5. The molecular formula is C18H24N2O2. The van der Waals surface area contributed by atoms with E-state index in [1.807, 2.05) is 12.1 Å². The van der Waals surface area contributed by atoms with Crippen LogP contribution in [0.5, 0.6) is 0 Å². The third kappa shape index (κ3) is 5.25. The van der Waals surface area contributed by atoms with E-state index in [0.717, 1.165) is 5.56 Å². The summed E-state index contributed by atoms with van der Waals surface area (Å²) in [5.74, 6) is 1.66. The third-order valence-electron chi connectivity index (χ3n) is 3.48. The zero-order valence-electron chi connectivity index (χ0n) is 13.5. The second-order valence-electron chi connectivity index (χ2n) is 6.35. The van der Waals surface area contributed by atoms with Crippen molar-refractivity contribution >= 4 is 11.8 Å². The van der Waals surface area contributed by atoms with E-state index in [2.05, 4.69) is 32.0 Å². The number of unbranched alkanes of at least 4 members (excludes halogenated alkanes) is 1. The SMILES string of the molecule is C#CCCC[C@H](NC(=O)c1ccc(C(C)(C)C)cc1)C(N)=O. The van der Waals surface area contributed by atoms with Gasteiger partial charge in [0, 0.05) is 12.0 Å². The van der Waals surface area contributed by atoms with Gasteiger partial charge in [0.25, 0.3) is 5.91 Å². The first kappa shape index (κ1) is 17.8. The number of rotatable bonds is 6. The van der Waals surface area contributed by atoms with E-state index in [1.165, 1.54) is 0 Å². The highest BCUT2D eigenvalue weighted by Crippen LogP contribution is 2.22. The van der Waals surface area contributed by atoms with Gasteiger partial charge in [-0.3, -0.25) is 9.59 Å². The smallest absolute Gasteiger partial charge is 0.251 e. The van der Waals surface area contributed by atoms with Crippen molar-refractivity contribution in [3.05, 3.63) is 35.4 Å². The van der Waals surface area contributed by atoms with Gasteiger partial charge in [0.05, 0.1) is 0 Å². The predicted molar refractivity (Wildman–Crippen MR) is 88.3 cm³/mol. The molecule has 3 N–H and O–H groups in total. The fraction of sp³-hybridized carbons (Fsp3) is 0.444. The summed E-state index contributed by atoms with van der Waals surface area (Å²) in [6, 6.07) is 6.67. The Balaban J connectivity index is 2.74. The van der Waals surface area contributed by atoms with Crippen LogP contribution >= 0.6 is 0 Å². The fourth-order valence-electron chi connectivity index (χ4n) is 2.06. The number of hydrogen-bond acceptors (Lipinski definition) is 2. The Kier molecular flexibility index (Phi) is 6.18. The Morgan fingerprint density at radius 1 is 1.27 bits per heavy atom. The van der Waals surface area contributed by atoms with Gasteiger partial charge in [0.1, 0.15) is 6.04 Å². The summed E-state index contributed by atoms with van der Waals surface area (Å²) in [7, 11) is 0. The molecule has 0 saturated heterocycles. The zero-order chi connectivity index (χ0) is 16.8. The van der Waals surface area contributed by atoms with Gasteiger partial charge in [-0.1, -0.05) is 32.9 Å². The molecule has 0 saturated carbocycles. The summed E-state index contributed by atoms with van der Waals surface area (Å²) >= 11 is 0. The Hall–Kier alpha value is -2.28. The molecule has 4 heteroatoms. The minimum Gasteiger partial charge on any atom is -0.368 e. The maximum absolute atomic E-state index is 12.2. The molecule has 0 aliphatic carbocycles. The van der Waals surface area contributed by atoms with Crippen molar-refractivity contribution in [1.29, 1.82) is 0 Å². The lowest BCUT2D eigenvalue weighted by Crippen LogP contribution is -2.44. The van der Waals surface area contributed by atoms with Crippen LogP contribution in [-0.2, 0) is 10.2 Å². The van der Waals surface area contributed by atoms with E-state index in [4.69, 9.17) is 12.2 Å². The van der Waals surface area contributed by atoms with Crippen LogP contribution in [0, 0.1) is 12.3 Å². The van der Waals surface area contributed by atoms with Gasteiger partial charge in [0.15, 0.2) is 0 Å². The first-order chi connectivity index (χ1) is 10.3. The number of nitrogens with one attached hydrogen (secondary N) is 1. The highest BCUT2D eigenvalue weighted by atomic mass is 16.2. The largest absolute Gasteiger partial charge is 0.368 e. The van der Waals surface area contributed by atoms with Crippen LogP contribution in [0.4, 0.5) is 0 Å². The number of terminal acetylenes is 1. The molecule has 1 aromatic carbocycles. The molecule has 22 heavy (non-hydrogen) atoms. The highest BCUT2D eigenvalue weighted by Gasteiger charge is 2.19. The van der Waals surface area contributed by atoms with Crippen molar-refractivity contribution in [3.8, 4) is 12.3 Å². The number of carbonyl (C=O) groups is 2.